The second-order valence-electron chi connectivity index (χ2n) is 6.01. The monoisotopic (exact) mass is 363 g/mol. The summed E-state index contributed by atoms with van der Waals surface area (Å²) in [7, 11) is 0. The van der Waals surface area contributed by atoms with E-state index in [0.29, 0.717) is 24.2 Å². The number of nitrogens with zero attached hydrogens (tertiary/aromatic N) is 2. The van der Waals surface area contributed by atoms with Gasteiger partial charge in [-0.05, 0) is 48.9 Å². The molecule has 27 heavy (non-hydrogen) atoms. The van der Waals surface area contributed by atoms with E-state index in [1.165, 1.54) is 12.1 Å². The zero-order chi connectivity index (χ0) is 19.2. The fourth-order valence-electron chi connectivity index (χ4n) is 2.77. The lowest BCUT2D eigenvalue weighted by Crippen LogP contribution is -2.23. The Bertz CT molecular complexity index is 916. The van der Waals surface area contributed by atoms with Gasteiger partial charge >= 0.3 is 5.97 Å². The molecule has 0 atom stereocenters. The Labute approximate surface area is 156 Å². The van der Waals surface area contributed by atoms with Crippen LogP contribution in [0.5, 0.6) is 0 Å². The average molecular weight is 363 g/mol. The summed E-state index contributed by atoms with van der Waals surface area (Å²) < 4.78 is 4.97. The first-order valence-electron chi connectivity index (χ1n) is 8.44. The van der Waals surface area contributed by atoms with E-state index in [1.807, 2.05) is 6.07 Å². The molecule has 1 N–H and O–H groups in total. The molecule has 2 aromatic carbocycles. The van der Waals surface area contributed by atoms with Crippen LogP contribution in [0.3, 0.4) is 0 Å². The Kier molecular flexibility index (Phi) is 5.47. The number of esters is 1. The Morgan fingerprint density at radius 2 is 1.96 bits per heavy atom. The van der Waals surface area contributed by atoms with Crippen molar-refractivity contribution in [2.45, 2.75) is 12.8 Å². The van der Waals surface area contributed by atoms with Gasteiger partial charge in [0.25, 0.3) is 5.91 Å². The maximum Gasteiger partial charge on any atom is 0.338 e. The van der Waals surface area contributed by atoms with Gasteiger partial charge in [0.15, 0.2) is 6.61 Å². The molecule has 1 aliphatic heterocycles. The number of hydrogen-bond acceptors (Lipinski definition) is 5. The summed E-state index contributed by atoms with van der Waals surface area (Å²) in [5.74, 6) is -1.06. The van der Waals surface area contributed by atoms with E-state index in [-0.39, 0.29) is 11.5 Å². The van der Waals surface area contributed by atoms with Gasteiger partial charge in [-0.3, -0.25) is 9.59 Å². The molecule has 0 radical (unpaired) electrons. The third kappa shape index (κ3) is 4.50. The lowest BCUT2D eigenvalue weighted by Gasteiger charge is -2.16. The number of ether oxygens (including phenoxy) is 1. The largest absolute Gasteiger partial charge is 0.452 e. The fourth-order valence-corrected chi connectivity index (χ4v) is 2.77. The maximum atomic E-state index is 12.0. The van der Waals surface area contributed by atoms with Gasteiger partial charge in [0.1, 0.15) is 0 Å². The molecule has 136 valence electrons. The number of carbonyl (C=O) groups is 3. The Balaban J connectivity index is 1.52. The number of rotatable bonds is 5. The molecule has 0 aliphatic carbocycles. The topological polar surface area (TPSA) is 99.5 Å². The SMILES string of the molecule is N#Cc1cccc(C(=O)OCC(=O)Nc2ccc(N3CCCC3=O)cc2)c1. The number of anilines is 2. The van der Waals surface area contributed by atoms with E-state index in [9.17, 15) is 14.4 Å². The predicted octanol–water partition coefficient (Wildman–Crippen LogP) is 2.48. The Morgan fingerprint density at radius 1 is 1.19 bits per heavy atom. The van der Waals surface area contributed by atoms with Gasteiger partial charge in [-0.2, -0.15) is 5.26 Å². The first-order chi connectivity index (χ1) is 13.1. The van der Waals surface area contributed by atoms with E-state index < -0.39 is 18.5 Å². The van der Waals surface area contributed by atoms with Gasteiger partial charge < -0.3 is 15.0 Å². The molecule has 0 aromatic heterocycles. The van der Waals surface area contributed by atoms with Crippen LogP contribution in [0, 0.1) is 11.3 Å². The van der Waals surface area contributed by atoms with Gasteiger partial charge in [-0.25, -0.2) is 4.79 Å². The Hall–Kier alpha value is -3.66. The van der Waals surface area contributed by atoms with Crippen molar-refractivity contribution in [2.24, 2.45) is 0 Å². The summed E-state index contributed by atoms with van der Waals surface area (Å²) in [6, 6.07) is 14.9. The molecule has 7 nitrogen and oxygen atoms in total. The van der Waals surface area contributed by atoms with Gasteiger partial charge in [0, 0.05) is 24.3 Å². The van der Waals surface area contributed by atoms with Crippen molar-refractivity contribution in [3.8, 4) is 6.07 Å². The summed E-state index contributed by atoms with van der Waals surface area (Å²) in [6.45, 7) is 0.259. The summed E-state index contributed by atoms with van der Waals surface area (Å²) in [4.78, 5) is 37.3. The highest BCUT2D eigenvalue weighted by Crippen LogP contribution is 2.23. The molecule has 0 spiro atoms. The number of benzene rings is 2. The maximum absolute atomic E-state index is 12.0. The van der Waals surface area contributed by atoms with Crippen LogP contribution in [0.15, 0.2) is 48.5 Å². The molecule has 2 amide bonds. The highest BCUT2D eigenvalue weighted by molar-refractivity contribution is 5.97. The highest BCUT2D eigenvalue weighted by atomic mass is 16.5. The van der Waals surface area contributed by atoms with Crippen molar-refractivity contribution >= 4 is 29.2 Å². The number of nitriles is 1. The predicted molar refractivity (Wildman–Crippen MR) is 98.1 cm³/mol. The van der Waals surface area contributed by atoms with Crippen LogP contribution in [0.25, 0.3) is 0 Å². The first kappa shape index (κ1) is 18.1. The highest BCUT2D eigenvalue weighted by Gasteiger charge is 2.21. The molecule has 0 bridgehead atoms. The molecule has 0 saturated carbocycles. The molecule has 7 heteroatoms. The van der Waals surface area contributed by atoms with Crippen LogP contribution in [-0.4, -0.2) is 30.9 Å². The molecule has 0 unspecified atom stereocenters. The summed E-state index contributed by atoms with van der Waals surface area (Å²) in [6.07, 6.45) is 1.40. The molecule has 3 rings (SSSR count). The second-order valence-corrected chi connectivity index (χ2v) is 6.01. The molecule has 1 saturated heterocycles. The first-order valence-corrected chi connectivity index (χ1v) is 8.44. The normalized spacial score (nSPS) is 13.1. The Morgan fingerprint density at radius 3 is 2.63 bits per heavy atom. The van der Waals surface area contributed by atoms with Gasteiger partial charge in [-0.1, -0.05) is 6.07 Å². The lowest BCUT2D eigenvalue weighted by atomic mass is 10.1. The van der Waals surface area contributed by atoms with Crippen molar-refractivity contribution in [1.82, 2.24) is 0 Å². The van der Waals surface area contributed by atoms with E-state index in [0.717, 1.165) is 12.1 Å². The minimum atomic E-state index is -0.676. The summed E-state index contributed by atoms with van der Waals surface area (Å²) in [5, 5.41) is 11.5. The number of nitrogens with one attached hydrogen (secondary N) is 1. The molecule has 1 heterocycles. The molecule has 2 aromatic rings. The quantitative estimate of drug-likeness (QED) is 0.823. The summed E-state index contributed by atoms with van der Waals surface area (Å²) in [5.41, 5.74) is 1.88. The summed E-state index contributed by atoms with van der Waals surface area (Å²) >= 11 is 0. The van der Waals surface area contributed by atoms with Gasteiger partial charge in [0.05, 0.1) is 17.2 Å². The molecular formula is C20H17N3O4. The fraction of sp³-hybridized carbons (Fsp3) is 0.200. The van der Waals surface area contributed by atoms with Crippen molar-refractivity contribution in [3.63, 3.8) is 0 Å². The minimum absolute atomic E-state index is 0.0964. The molecule has 1 fully saturated rings. The van der Waals surface area contributed by atoms with Gasteiger partial charge in [0.2, 0.25) is 5.91 Å². The average Bonchev–Trinajstić information content (AvgIpc) is 3.12. The van der Waals surface area contributed by atoms with E-state index >= 15 is 0 Å². The molecule has 1 aliphatic rings. The van der Waals surface area contributed by atoms with Crippen LogP contribution in [0.2, 0.25) is 0 Å². The van der Waals surface area contributed by atoms with Crippen LogP contribution in [-0.2, 0) is 14.3 Å². The smallest absolute Gasteiger partial charge is 0.338 e. The van der Waals surface area contributed by atoms with Crippen LogP contribution in [0.1, 0.15) is 28.8 Å². The van der Waals surface area contributed by atoms with E-state index in [2.05, 4.69) is 5.32 Å². The van der Waals surface area contributed by atoms with Crippen molar-refractivity contribution in [3.05, 3.63) is 59.7 Å². The zero-order valence-corrected chi connectivity index (χ0v) is 14.5. The standard InChI is InChI=1S/C20H17N3O4/c21-12-14-3-1-4-15(11-14)20(26)27-13-18(24)22-16-6-8-17(9-7-16)23-10-2-5-19(23)25/h1,3-4,6-9,11H,2,5,10,13H2,(H,22,24). The minimum Gasteiger partial charge on any atom is -0.452 e. The van der Waals surface area contributed by atoms with Crippen LogP contribution >= 0.6 is 0 Å². The number of amides is 2. The van der Waals surface area contributed by atoms with Crippen molar-refractivity contribution in [2.75, 3.05) is 23.4 Å². The zero-order valence-electron chi connectivity index (χ0n) is 14.5. The van der Waals surface area contributed by atoms with E-state index in [1.54, 1.807) is 41.3 Å². The molecular weight excluding hydrogens is 346 g/mol. The third-order valence-corrected chi connectivity index (χ3v) is 4.10. The van der Waals surface area contributed by atoms with Crippen LogP contribution < -0.4 is 10.2 Å². The van der Waals surface area contributed by atoms with Crippen molar-refractivity contribution in [1.29, 1.82) is 5.26 Å². The second kappa shape index (κ2) is 8.15. The van der Waals surface area contributed by atoms with Crippen LogP contribution in [0.4, 0.5) is 11.4 Å². The van der Waals surface area contributed by atoms with Crippen molar-refractivity contribution < 1.29 is 19.1 Å². The van der Waals surface area contributed by atoms with Gasteiger partial charge in [-0.15, -0.1) is 0 Å². The lowest BCUT2D eigenvalue weighted by molar-refractivity contribution is -0.119. The third-order valence-electron chi connectivity index (χ3n) is 4.10. The van der Waals surface area contributed by atoms with E-state index in [4.69, 9.17) is 10.00 Å². The number of hydrogen-bond donors (Lipinski definition) is 1. The number of carbonyl (C=O) groups excluding carboxylic acids is 3.